The monoisotopic (exact) mass is 559 g/mol. The molecule has 0 saturated carbocycles. The Morgan fingerprint density at radius 3 is 1.29 bits per heavy atom. The fourth-order valence-corrected chi connectivity index (χ4v) is 2.36. The molecule has 0 fully saturated rings. The predicted octanol–water partition coefficient (Wildman–Crippen LogP) is 6.81. The van der Waals surface area contributed by atoms with E-state index in [-0.39, 0.29) is 11.3 Å². The van der Waals surface area contributed by atoms with Gasteiger partial charge in [-0.25, -0.2) is 0 Å². The second-order valence-electron chi connectivity index (χ2n) is 6.93. The molecule has 0 N–H and O–H groups in total. The van der Waals surface area contributed by atoms with E-state index in [0.717, 1.165) is 0 Å². The van der Waals surface area contributed by atoms with Crippen LogP contribution in [0.5, 0.6) is 0 Å². The summed E-state index contributed by atoms with van der Waals surface area (Å²) < 4.78 is 224. The number of nitrogens with zero attached hydrogens (tertiary/aromatic N) is 1. The molecule has 0 unspecified atom stereocenters. The summed E-state index contributed by atoms with van der Waals surface area (Å²) in [4.78, 5) is 11.6. The number of carbonyl (C=O) groups is 1. The van der Waals surface area contributed by atoms with Gasteiger partial charge in [0.05, 0.1) is 0 Å². The van der Waals surface area contributed by atoms with Crippen LogP contribution in [-0.2, 0) is 4.79 Å². The van der Waals surface area contributed by atoms with Gasteiger partial charge in [-0.05, 0) is 12.5 Å². The van der Waals surface area contributed by atoms with Gasteiger partial charge in [0.1, 0.15) is 0 Å². The van der Waals surface area contributed by atoms with Crippen molar-refractivity contribution in [2.75, 3.05) is 13.1 Å². The van der Waals surface area contributed by atoms with Crippen molar-refractivity contribution in [1.29, 1.82) is 0 Å². The van der Waals surface area contributed by atoms with Crippen LogP contribution in [0, 0.1) is 0 Å². The summed E-state index contributed by atoms with van der Waals surface area (Å²) >= 11 is 0. The Hall–Kier alpha value is -1.98. The first-order valence-electron chi connectivity index (χ1n) is 8.78. The van der Waals surface area contributed by atoms with Crippen LogP contribution in [0.25, 0.3) is 0 Å². The van der Waals surface area contributed by atoms with Crippen LogP contribution in [0.2, 0.25) is 0 Å². The molecule has 0 aromatic carbocycles. The fraction of sp³-hybridized carbons (Fsp3) is 0.812. The molecule has 0 spiro atoms. The molecule has 208 valence electrons. The Balaban J connectivity index is 6.48. The second-order valence-corrected chi connectivity index (χ2v) is 6.93. The zero-order valence-electron chi connectivity index (χ0n) is 16.9. The minimum atomic E-state index is -8.66. The normalized spacial score (nSPS) is 15.3. The lowest BCUT2D eigenvalue weighted by Crippen LogP contribution is -2.74. The van der Waals surface area contributed by atoms with E-state index < -0.39 is 73.1 Å². The highest BCUT2D eigenvalue weighted by Crippen LogP contribution is 2.64. The van der Waals surface area contributed by atoms with Crippen molar-refractivity contribution < 1.29 is 79.4 Å². The standard InChI is InChI=1S/C16H14F17NO/c1-3-6-34(8(35)4-2)7-5-9(17,18)10(19,20)11(21,22)12(23,24)13(25,26)14(27,28)15(29,30)16(31,32)33/h4H,2-3,5-7H2,1H3. The molecule has 0 aromatic heterocycles. The largest absolute Gasteiger partial charge is 0.460 e. The van der Waals surface area contributed by atoms with E-state index in [4.69, 9.17) is 0 Å². The molecule has 0 bridgehead atoms. The molecule has 0 saturated heterocycles. The van der Waals surface area contributed by atoms with Crippen LogP contribution in [0.1, 0.15) is 19.8 Å². The summed E-state index contributed by atoms with van der Waals surface area (Å²) in [5.41, 5.74) is 0. The molecule has 0 aliphatic carbocycles. The van der Waals surface area contributed by atoms with Gasteiger partial charge in [0.15, 0.2) is 0 Å². The number of alkyl halides is 17. The maximum Gasteiger partial charge on any atom is 0.460 e. The first kappa shape index (κ1) is 33.0. The van der Waals surface area contributed by atoms with Gasteiger partial charge < -0.3 is 4.90 Å². The van der Waals surface area contributed by atoms with Crippen molar-refractivity contribution >= 4 is 5.91 Å². The lowest BCUT2D eigenvalue weighted by atomic mass is 9.88. The van der Waals surface area contributed by atoms with Gasteiger partial charge in [-0.1, -0.05) is 13.5 Å². The molecular weight excluding hydrogens is 545 g/mol. The molecule has 1 amide bonds. The van der Waals surface area contributed by atoms with Gasteiger partial charge in [-0.3, -0.25) is 4.79 Å². The minimum absolute atomic E-state index is 0.0789. The van der Waals surface area contributed by atoms with E-state index in [9.17, 15) is 79.4 Å². The maximum absolute atomic E-state index is 13.8. The predicted molar refractivity (Wildman–Crippen MR) is 82.4 cm³/mol. The van der Waals surface area contributed by atoms with E-state index in [1.807, 2.05) is 0 Å². The van der Waals surface area contributed by atoms with Gasteiger partial charge in [0.25, 0.3) is 0 Å². The molecule has 0 radical (unpaired) electrons. The topological polar surface area (TPSA) is 20.3 Å². The Kier molecular flexibility index (Phi) is 8.94. The van der Waals surface area contributed by atoms with Crippen molar-refractivity contribution in [3.63, 3.8) is 0 Å². The van der Waals surface area contributed by atoms with Crippen molar-refractivity contribution in [2.24, 2.45) is 0 Å². The summed E-state index contributed by atoms with van der Waals surface area (Å²) in [5, 5.41) is 0. The third-order valence-electron chi connectivity index (χ3n) is 4.46. The molecular formula is C16H14F17NO. The van der Waals surface area contributed by atoms with Gasteiger partial charge in [0.2, 0.25) is 5.91 Å². The van der Waals surface area contributed by atoms with Gasteiger partial charge in [-0.2, -0.15) is 74.6 Å². The highest BCUT2D eigenvalue weighted by atomic mass is 19.4. The smallest absolute Gasteiger partial charge is 0.339 e. The van der Waals surface area contributed by atoms with Crippen molar-refractivity contribution in [3.8, 4) is 0 Å². The van der Waals surface area contributed by atoms with E-state index in [1.54, 1.807) is 0 Å². The van der Waals surface area contributed by atoms with Crippen molar-refractivity contribution in [2.45, 2.75) is 67.4 Å². The highest BCUT2D eigenvalue weighted by molar-refractivity contribution is 5.86. The highest BCUT2D eigenvalue weighted by Gasteiger charge is 2.95. The van der Waals surface area contributed by atoms with Gasteiger partial charge in [0, 0.05) is 19.5 Å². The summed E-state index contributed by atoms with van der Waals surface area (Å²) in [5.74, 6) is -57.9. The molecule has 0 atom stereocenters. The van der Waals surface area contributed by atoms with Gasteiger partial charge in [-0.15, -0.1) is 0 Å². The molecule has 0 aliphatic heterocycles. The number of amides is 1. The maximum atomic E-state index is 13.8. The third-order valence-corrected chi connectivity index (χ3v) is 4.46. The number of halogens is 17. The van der Waals surface area contributed by atoms with E-state index in [1.165, 1.54) is 6.92 Å². The number of rotatable bonds is 12. The van der Waals surface area contributed by atoms with E-state index in [0.29, 0.717) is 6.08 Å². The Labute approximate surface area is 184 Å². The quantitative estimate of drug-likeness (QED) is 0.190. The Morgan fingerprint density at radius 2 is 0.971 bits per heavy atom. The molecule has 0 aliphatic rings. The summed E-state index contributed by atoms with van der Waals surface area (Å²) in [6, 6.07) is 0. The van der Waals surface area contributed by atoms with Crippen LogP contribution >= 0.6 is 0 Å². The number of carbonyl (C=O) groups excluding carboxylic acids is 1. The Bertz CT molecular complexity index is 771. The van der Waals surface area contributed by atoms with Crippen molar-refractivity contribution in [1.82, 2.24) is 4.90 Å². The van der Waals surface area contributed by atoms with Gasteiger partial charge >= 0.3 is 47.6 Å². The zero-order chi connectivity index (χ0) is 28.7. The minimum Gasteiger partial charge on any atom is -0.339 e. The first-order valence-corrected chi connectivity index (χ1v) is 8.78. The SMILES string of the molecule is C=CC(=O)N(CCC)CCC(F)(F)C(F)(F)C(F)(F)C(F)(F)C(F)(F)C(F)(F)C(F)(F)C(F)(F)F. The summed E-state index contributed by atoms with van der Waals surface area (Å²) in [6.45, 7) is 1.99. The average molecular weight is 559 g/mol. The van der Waals surface area contributed by atoms with E-state index >= 15 is 0 Å². The van der Waals surface area contributed by atoms with Crippen LogP contribution in [-0.4, -0.2) is 71.5 Å². The molecule has 0 aromatic rings. The summed E-state index contributed by atoms with van der Waals surface area (Å²) in [6.07, 6.45) is -10.1. The molecule has 0 rings (SSSR count). The second kappa shape index (κ2) is 9.48. The van der Waals surface area contributed by atoms with Crippen LogP contribution in [0.4, 0.5) is 74.6 Å². The number of hydrogen-bond donors (Lipinski definition) is 0. The van der Waals surface area contributed by atoms with Crippen LogP contribution in [0.3, 0.4) is 0 Å². The molecule has 0 heterocycles. The fourth-order valence-electron chi connectivity index (χ4n) is 2.36. The van der Waals surface area contributed by atoms with E-state index in [2.05, 4.69) is 6.58 Å². The zero-order valence-corrected chi connectivity index (χ0v) is 16.9. The lowest BCUT2D eigenvalue weighted by molar-refractivity contribution is -0.461. The Morgan fingerprint density at radius 1 is 0.629 bits per heavy atom. The first-order chi connectivity index (χ1) is 15.2. The van der Waals surface area contributed by atoms with Crippen LogP contribution < -0.4 is 0 Å². The number of hydrogen-bond acceptors (Lipinski definition) is 1. The summed E-state index contributed by atoms with van der Waals surface area (Å²) in [7, 11) is 0. The van der Waals surface area contributed by atoms with Crippen LogP contribution in [0.15, 0.2) is 12.7 Å². The average Bonchev–Trinajstić information content (AvgIpc) is 2.68. The van der Waals surface area contributed by atoms with Crippen molar-refractivity contribution in [3.05, 3.63) is 12.7 Å². The molecule has 2 nitrogen and oxygen atoms in total. The third kappa shape index (κ3) is 4.99. The molecule has 19 heteroatoms. The molecule has 35 heavy (non-hydrogen) atoms. The lowest BCUT2D eigenvalue weighted by Gasteiger charge is -2.43.